The number of hydrogen-bond donors (Lipinski definition) is 2. The van der Waals surface area contributed by atoms with Gasteiger partial charge in [0.15, 0.2) is 5.96 Å². The molecule has 2 rings (SSSR count). The van der Waals surface area contributed by atoms with E-state index in [1.54, 1.807) is 6.20 Å². The first kappa shape index (κ1) is 24.5. The second-order valence-electron chi connectivity index (χ2n) is 6.60. The zero-order valence-electron chi connectivity index (χ0n) is 17.0. The Morgan fingerprint density at radius 3 is 2.71 bits per heavy atom. The first-order valence-electron chi connectivity index (χ1n) is 10.1. The van der Waals surface area contributed by atoms with E-state index in [1.807, 2.05) is 25.1 Å². The molecule has 28 heavy (non-hydrogen) atoms. The molecule has 1 aromatic heterocycles. The molecule has 0 amide bonds. The summed E-state index contributed by atoms with van der Waals surface area (Å²) < 4.78 is 5.15. The fourth-order valence-electron chi connectivity index (χ4n) is 3.12. The van der Waals surface area contributed by atoms with E-state index in [1.165, 1.54) is 0 Å². The van der Waals surface area contributed by atoms with Gasteiger partial charge in [-0.15, -0.1) is 24.0 Å². The van der Waals surface area contributed by atoms with Crippen molar-refractivity contribution in [1.29, 1.82) is 0 Å². The fraction of sp³-hybridized carbons (Fsp3) is 0.650. The van der Waals surface area contributed by atoms with E-state index < -0.39 is 0 Å². The van der Waals surface area contributed by atoms with Crippen LogP contribution in [0.5, 0.6) is 0 Å². The van der Waals surface area contributed by atoms with Crippen LogP contribution in [0.3, 0.4) is 0 Å². The molecule has 1 aliphatic heterocycles. The molecule has 1 aliphatic rings. The van der Waals surface area contributed by atoms with E-state index in [0.29, 0.717) is 6.61 Å². The minimum Gasteiger partial charge on any atom is -0.466 e. The number of nitrogens with one attached hydrogen (secondary N) is 2. The van der Waals surface area contributed by atoms with Crippen molar-refractivity contribution in [3.8, 4) is 0 Å². The fourth-order valence-corrected chi connectivity index (χ4v) is 3.12. The number of anilines is 1. The minimum atomic E-state index is -0.0560. The highest BCUT2D eigenvalue weighted by Crippen LogP contribution is 2.18. The van der Waals surface area contributed by atoms with Crippen LogP contribution in [0.1, 0.15) is 39.5 Å². The molecule has 0 unspecified atom stereocenters. The molecule has 0 saturated carbocycles. The van der Waals surface area contributed by atoms with Crippen molar-refractivity contribution in [3.63, 3.8) is 0 Å². The van der Waals surface area contributed by atoms with E-state index in [9.17, 15) is 4.79 Å². The Balaban J connectivity index is 0.00000392. The Kier molecular flexibility index (Phi) is 12.6. The number of aromatic nitrogens is 1. The summed E-state index contributed by atoms with van der Waals surface area (Å²) in [6, 6.07) is 5.87. The van der Waals surface area contributed by atoms with Gasteiger partial charge < -0.3 is 20.3 Å². The summed E-state index contributed by atoms with van der Waals surface area (Å²) in [5, 5.41) is 6.69. The quantitative estimate of drug-likeness (QED) is 0.177. The van der Waals surface area contributed by atoms with Gasteiger partial charge >= 0.3 is 5.97 Å². The summed E-state index contributed by atoms with van der Waals surface area (Å²) in [7, 11) is 0. The molecular weight excluding hydrogens is 469 g/mol. The molecule has 1 saturated heterocycles. The van der Waals surface area contributed by atoms with Crippen molar-refractivity contribution in [1.82, 2.24) is 15.2 Å². The third-order valence-corrected chi connectivity index (χ3v) is 4.57. The van der Waals surface area contributed by atoms with Gasteiger partial charge in [0.1, 0.15) is 5.82 Å². The Morgan fingerprint density at radius 1 is 1.29 bits per heavy atom. The van der Waals surface area contributed by atoms with E-state index in [0.717, 1.165) is 70.2 Å². The summed E-state index contributed by atoms with van der Waals surface area (Å²) in [4.78, 5) is 23.1. The predicted octanol–water partition coefficient (Wildman–Crippen LogP) is 3.13. The summed E-state index contributed by atoms with van der Waals surface area (Å²) in [5.74, 6) is 1.84. The van der Waals surface area contributed by atoms with Crippen LogP contribution in [-0.4, -0.2) is 61.1 Å². The molecule has 2 N–H and O–H groups in total. The molecule has 1 aromatic rings. The van der Waals surface area contributed by atoms with Crippen LogP contribution in [0, 0.1) is 5.92 Å². The molecule has 8 heteroatoms. The Hall–Kier alpha value is -1.58. The number of piperidine rings is 1. The molecule has 7 nitrogen and oxygen atoms in total. The van der Waals surface area contributed by atoms with Crippen LogP contribution in [-0.2, 0) is 9.53 Å². The number of hydrogen-bond acceptors (Lipinski definition) is 5. The van der Waals surface area contributed by atoms with Gasteiger partial charge in [-0.05, 0) is 51.7 Å². The first-order valence-corrected chi connectivity index (χ1v) is 10.1. The highest BCUT2D eigenvalue weighted by atomic mass is 127. The smallest absolute Gasteiger partial charge is 0.309 e. The van der Waals surface area contributed by atoms with Gasteiger partial charge in [0.25, 0.3) is 0 Å². The summed E-state index contributed by atoms with van der Waals surface area (Å²) in [6.45, 7) is 8.62. The number of pyridine rings is 1. The van der Waals surface area contributed by atoms with E-state index >= 15 is 0 Å². The predicted molar refractivity (Wildman–Crippen MR) is 124 cm³/mol. The van der Waals surface area contributed by atoms with E-state index in [2.05, 4.69) is 27.4 Å². The van der Waals surface area contributed by atoms with Crippen molar-refractivity contribution < 1.29 is 9.53 Å². The SMILES string of the molecule is CCNC(=NCCCCNc1ccccn1)N1CCC(C(=O)OCC)CC1.I. The number of unbranched alkanes of at least 4 members (excludes halogenated alkanes) is 1. The summed E-state index contributed by atoms with van der Waals surface area (Å²) in [6.07, 6.45) is 5.52. The molecule has 0 atom stereocenters. The average molecular weight is 503 g/mol. The number of halogens is 1. The van der Waals surface area contributed by atoms with Crippen LogP contribution in [0.15, 0.2) is 29.4 Å². The monoisotopic (exact) mass is 503 g/mol. The molecule has 0 spiro atoms. The van der Waals surface area contributed by atoms with Crippen molar-refractivity contribution >= 4 is 41.7 Å². The molecular formula is C20H34IN5O2. The molecule has 158 valence electrons. The molecule has 2 heterocycles. The Labute approximate surface area is 185 Å². The standard InChI is InChI=1S/C20H33N5O2.HI/c1-3-21-20(25-15-10-17(11-16-25)19(26)27-4-2)24-14-8-7-13-23-18-9-5-6-12-22-18;/h5-6,9,12,17H,3-4,7-8,10-11,13-16H2,1-2H3,(H,21,24)(H,22,23);1H. The number of rotatable bonds is 9. The zero-order valence-corrected chi connectivity index (χ0v) is 19.4. The van der Waals surface area contributed by atoms with Crippen molar-refractivity contribution in [2.24, 2.45) is 10.9 Å². The lowest BCUT2D eigenvalue weighted by atomic mass is 9.97. The van der Waals surface area contributed by atoms with Crippen molar-refractivity contribution in [2.75, 3.05) is 44.6 Å². The number of guanidine groups is 1. The van der Waals surface area contributed by atoms with E-state index in [4.69, 9.17) is 9.73 Å². The normalized spacial score (nSPS) is 14.9. The number of ether oxygens (including phenoxy) is 1. The summed E-state index contributed by atoms with van der Waals surface area (Å²) >= 11 is 0. The van der Waals surface area contributed by atoms with Crippen molar-refractivity contribution in [2.45, 2.75) is 39.5 Å². The lowest BCUT2D eigenvalue weighted by Gasteiger charge is -2.33. The largest absolute Gasteiger partial charge is 0.466 e. The van der Waals surface area contributed by atoms with Crippen LogP contribution < -0.4 is 10.6 Å². The number of nitrogens with zero attached hydrogens (tertiary/aromatic N) is 3. The van der Waals surface area contributed by atoms with Gasteiger partial charge in [-0.1, -0.05) is 6.07 Å². The lowest BCUT2D eigenvalue weighted by Crippen LogP contribution is -2.46. The number of carbonyl (C=O) groups excluding carboxylic acids is 1. The molecule has 0 radical (unpaired) electrons. The molecule has 0 bridgehead atoms. The van der Waals surface area contributed by atoms with E-state index in [-0.39, 0.29) is 35.9 Å². The van der Waals surface area contributed by atoms with Crippen LogP contribution >= 0.6 is 24.0 Å². The second kappa shape index (κ2) is 14.4. The maximum absolute atomic E-state index is 11.9. The Bertz CT molecular complexity index is 577. The number of aliphatic imine (C=N–C) groups is 1. The van der Waals surface area contributed by atoms with Gasteiger partial charge in [0.2, 0.25) is 0 Å². The van der Waals surface area contributed by atoms with Gasteiger partial charge in [-0.25, -0.2) is 4.98 Å². The van der Waals surface area contributed by atoms with Crippen molar-refractivity contribution in [3.05, 3.63) is 24.4 Å². The van der Waals surface area contributed by atoms with Crippen LogP contribution in [0.2, 0.25) is 0 Å². The zero-order chi connectivity index (χ0) is 19.3. The number of carbonyl (C=O) groups is 1. The third kappa shape index (κ3) is 8.62. The highest BCUT2D eigenvalue weighted by molar-refractivity contribution is 14.0. The average Bonchev–Trinajstić information content (AvgIpc) is 2.71. The third-order valence-electron chi connectivity index (χ3n) is 4.57. The molecule has 0 aromatic carbocycles. The molecule has 1 fully saturated rings. The maximum Gasteiger partial charge on any atom is 0.309 e. The second-order valence-corrected chi connectivity index (χ2v) is 6.60. The highest BCUT2D eigenvalue weighted by Gasteiger charge is 2.27. The number of esters is 1. The van der Waals surface area contributed by atoms with Crippen LogP contribution in [0.25, 0.3) is 0 Å². The number of likely N-dealkylation sites (tertiary alicyclic amines) is 1. The Morgan fingerprint density at radius 2 is 2.07 bits per heavy atom. The van der Waals surface area contributed by atoms with Crippen LogP contribution in [0.4, 0.5) is 5.82 Å². The van der Waals surface area contributed by atoms with Gasteiger partial charge in [-0.2, -0.15) is 0 Å². The maximum atomic E-state index is 11.9. The minimum absolute atomic E-state index is 0. The van der Waals surface area contributed by atoms with Gasteiger partial charge in [0.05, 0.1) is 12.5 Å². The summed E-state index contributed by atoms with van der Waals surface area (Å²) in [5.41, 5.74) is 0. The van der Waals surface area contributed by atoms with Gasteiger partial charge in [0, 0.05) is 38.9 Å². The first-order chi connectivity index (χ1) is 13.2. The topological polar surface area (TPSA) is 78.9 Å². The molecule has 0 aliphatic carbocycles. The van der Waals surface area contributed by atoms with Gasteiger partial charge in [-0.3, -0.25) is 9.79 Å². The lowest BCUT2D eigenvalue weighted by molar-refractivity contribution is -0.149.